The molecule has 0 amide bonds. The fraction of sp³-hybridized carbons (Fsp3) is 0.118. The third-order valence-electron chi connectivity index (χ3n) is 3.10. The molecule has 0 aliphatic heterocycles. The van der Waals surface area contributed by atoms with Crippen molar-refractivity contribution in [3.8, 4) is 11.5 Å². The number of allylic oxidation sites excluding steroid dienone is 1. The van der Waals surface area contributed by atoms with E-state index < -0.39 is 10.0 Å². The minimum atomic E-state index is -3.35. The summed E-state index contributed by atoms with van der Waals surface area (Å²) in [6.07, 6.45) is 4.05. The van der Waals surface area contributed by atoms with Gasteiger partial charge in [0.1, 0.15) is 0 Å². The highest BCUT2D eigenvalue weighted by atomic mass is 32.2. The van der Waals surface area contributed by atoms with Crippen molar-refractivity contribution in [3.05, 3.63) is 59.7 Å². The molecule has 0 aromatic heterocycles. The molecule has 2 N–H and O–H groups in total. The maximum atomic E-state index is 12.1. The fourth-order valence-electron chi connectivity index (χ4n) is 1.98. The molecule has 2 aromatic carbocycles. The molecule has 0 saturated carbocycles. The molecule has 0 unspecified atom stereocenters. The van der Waals surface area contributed by atoms with Crippen LogP contribution in [0.2, 0.25) is 0 Å². The van der Waals surface area contributed by atoms with Crippen LogP contribution in [0.5, 0.6) is 11.5 Å². The van der Waals surface area contributed by atoms with Crippen molar-refractivity contribution in [1.29, 1.82) is 0 Å². The van der Waals surface area contributed by atoms with Gasteiger partial charge < -0.3 is 9.84 Å². The average molecular weight is 347 g/mol. The number of carbonyl (C=O) groups excluding carboxylic acids is 1. The number of nitrogens with one attached hydrogen (secondary N) is 1. The third kappa shape index (κ3) is 4.85. The van der Waals surface area contributed by atoms with Crippen LogP contribution in [0, 0.1) is 0 Å². The summed E-state index contributed by atoms with van der Waals surface area (Å²) in [4.78, 5) is 12.1. The molecular weight excluding hydrogens is 330 g/mol. The van der Waals surface area contributed by atoms with Gasteiger partial charge in [-0.05, 0) is 48.0 Å². The summed E-state index contributed by atoms with van der Waals surface area (Å²) >= 11 is 0. The largest absolute Gasteiger partial charge is 0.504 e. The molecule has 0 fully saturated rings. The van der Waals surface area contributed by atoms with Crippen molar-refractivity contribution in [2.75, 3.05) is 18.1 Å². The SMILES string of the molecule is COc1cc(/C=C/C(=O)c2ccc(NS(C)(=O)=O)cc2)ccc1O. The lowest BCUT2D eigenvalue weighted by Gasteiger charge is -2.04. The Balaban J connectivity index is 2.12. The molecule has 2 rings (SSSR count). The molecule has 6 nitrogen and oxygen atoms in total. The van der Waals surface area contributed by atoms with Crippen LogP contribution >= 0.6 is 0 Å². The van der Waals surface area contributed by atoms with E-state index in [1.54, 1.807) is 18.2 Å². The first-order chi connectivity index (χ1) is 11.3. The molecule has 0 aliphatic carbocycles. The minimum Gasteiger partial charge on any atom is -0.504 e. The standard InChI is InChI=1S/C17H17NO5S/c1-23-17-11-12(4-10-16(17)20)3-9-15(19)13-5-7-14(8-6-13)18-24(2,21)22/h3-11,18,20H,1-2H3/b9-3+. The predicted octanol–water partition coefficient (Wildman–Crippen LogP) is 2.67. The van der Waals surface area contributed by atoms with Crippen LogP contribution in [0.15, 0.2) is 48.5 Å². The topological polar surface area (TPSA) is 92.7 Å². The average Bonchev–Trinajstić information content (AvgIpc) is 2.53. The highest BCUT2D eigenvalue weighted by molar-refractivity contribution is 7.92. The first kappa shape index (κ1) is 17.6. The van der Waals surface area contributed by atoms with E-state index >= 15 is 0 Å². The fourth-order valence-corrected chi connectivity index (χ4v) is 2.55. The highest BCUT2D eigenvalue weighted by Crippen LogP contribution is 2.26. The van der Waals surface area contributed by atoms with Crippen molar-refractivity contribution in [2.45, 2.75) is 0 Å². The molecule has 0 spiro atoms. The zero-order chi connectivity index (χ0) is 17.7. The molecule has 7 heteroatoms. The molecule has 0 atom stereocenters. The molecule has 24 heavy (non-hydrogen) atoms. The highest BCUT2D eigenvalue weighted by Gasteiger charge is 2.05. The Morgan fingerprint density at radius 3 is 2.42 bits per heavy atom. The van der Waals surface area contributed by atoms with Gasteiger partial charge in [0.05, 0.1) is 13.4 Å². The third-order valence-corrected chi connectivity index (χ3v) is 3.71. The van der Waals surface area contributed by atoms with Crippen LogP contribution in [0.1, 0.15) is 15.9 Å². The quantitative estimate of drug-likeness (QED) is 0.619. The number of rotatable bonds is 6. The Bertz CT molecular complexity index is 870. The Labute approximate surface area is 140 Å². The van der Waals surface area contributed by atoms with Gasteiger partial charge in [-0.1, -0.05) is 12.1 Å². The Kier molecular flexibility index (Phi) is 5.25. The molecular formula is C17H17NO5S. The number of hydrogen-bond acceptors (Lipinski definition) is 5. The Morgan fingerprint density at radius 1 is 1.17 bits per heavy atom. The van der Waals surface area contributed by atoms with E-state index in [0.717, 1.165) is 6.26 Å². The number of anilines is 1. The lowest BCUT2D eigenvalue weighted by molar-refractivity contribution is 0.104. The number of methoxy groups -OCH3 is 1. The number of sulfonamides is 1. The number of aromatic hydroxyl groups is 1. The Hall–Kier alpha value is -2.80. The van der Waals surface area contributed by atoms with Gasteiger partial charge >= 0.3 is 0 Å². The molecule has 0 radical (unpaired) electrons. The summed E-state index contributed by atoms with van der Waals surface area (Å²) < 4.78 is 29.6. The second-order valence-corrected chi connectivity index (χ2v) is 6.83. The van der Waals surface area contributed by atoms with Crippen molar-refractivity contribution >= 4 is 27.6 Å². The van der Waals surface area contributed by atoms with Crippen LogP contribution in [0.4, 0.5) is 5.69 Å². The van der Waals surface area contributed by atoms with Gasteiger partial charge in [-0.3, -0.25) is 9.52 Å². The van der Waals surface area contributed by atoms with Crippen LogP contribution in [-0.2, 0) is 10.0 Å². The van der Waals surface area contributed by atoms with E-state index in [4.69, 9.17) is 4.74 Å². The number of phenolic OH excluding ortho intramolecular Hbond substituents is 1. The molecule has 0 saturated heterocycles. The van der Waals surface area contributed by atoms with Crippen molar-refractivity contribution in [3.63, 3.8) is 0 Å². The summed E-state index contributed by atoms with van der Waals surface area (Å²) in [6.45, 7) is 0. The summed E-state index contributed by atoms with van der Waals surface area (Å²) in [5.41, 5.74) is 1.52. The summed E-state index contributed by atoms with van der Waals surface area (Å²) in [5.74, 6) is 0.115. The van der Waals surface area contributed by atoms with Gasteiger partial charge in [-0.25, -0.2) is 8.42 Å². The van der Waals surface area contributed by atoms with Gasteiger partial charge in [-0.2, -0.15) is 0 Å². The molecule has 2 aromatic rings. The van der Waals surface area contributed by atoms with E-state index in [9.17, 15) is 18.3 Å². The molecule has 126 valence electrons. The minimum absolute atomic E-state index is 0.0231. The molecule has 0 aliphatic rings. The maximum absolute atomic E-state index is 12.1. The zero-order valence-electron chi connectivity index (χ0n) is 13.2. The number of benzene rings is 2. The molecule has 0 heterocycles. The van der Waals surface area contributed by atoms with Crippen molar-refractivity contribution < 1.29 is 23.1 Å². The normalized spacial score (nSPS) is 11.4. The van der Waals surface area contributed by atoms with Crippen molar-refractivity contribution in [1.82, 2.24) is 0 Å². The van der Waals surface area contributed by atoms with Gasteiger partial charge in [-0.15, -0.1) is 0 Å². The number of ketones is 1. The van der Waals surface area contributed by atoms with Gasteiger partial charge in [0.2, 0.25) is 10.0 Å². The van der Waals surface area contributed by atoms with E-state index in [1.165, 1.54) is 43.5 Å². The molecule has 0 bridgehead atoms. The van der Waals surface area contributed by atoms with E-state index in [-0.39, 0.29) is 11.5 Å². The van der Waals surface area contributed by atoms with Crippen LogP contribution < -0.4 is 9.46 Å². The number of ether oxygens (including phenoxy) is 1. The maximum Gasteiger partial charge on any atom is 0.229 e. The lowest BCUT2D eigenvalue weighted by atomic mass is 10.1. The zero-order valence-corrected chi connectivity index (χ0v) is 14.0. The smallest absolute Gasteiger partial charge is 0.229 e. The first-order valence-corrected chi connectivity index (χ1v) is 8.85. The van der Waals surface area contributed by atoms with Crippen molar-refractivity contribution in [2.24, 2.45) is 0 Å². The monoisotopic (exact) mass is 347 g/mol. The number of carbonyl (C=O) groups is 1. The van der Waals surface area contributed by atoms with E-state index in [1.807, 2.05) is 0 Å². The number of hydrogen-bond donors (Lipinski definition) is 2. The summed E-state index contributed by atoms with van der Waals surface area (Å²) in [5, 5.41) is 9.53. The predicted molar refractivity (Wildman–Crippen MR) is 92.9 cm³/mol. The second-order valence-electron chi connectivity index (χ2n) is 5.08. The summed E-state index contributed by atoms with van der Waals surface area (Å²) in [7, 11) is -1.90. The first-order valence-electron chi connectivity index (χ1n) is 6.96. The van der Waals surface area contributed by atoms with Crippen LogP contribution in [0.25, 0.3) is 6.08 Å². The van der Waals surface area contributed by atoms with Gasteiger partial charge in [0, 0.05) is 11.3 Å². The summed E-state index contributed by atoms with van der Waals surface area (Å²) in [6, 6.07) is 10.9. The second kappa shape index (κ2) is 7.18. The van der Waals surface area contributed by atoms with E-state index in [0.29, 0.717) is 22.6 Å². The van der Waals surface area contributed by atoms with Crippen LogP contribution in [-0.4, -0.2) is 32.7 Å². The van der Waals surface area contributed by atoms with Gasteiger partial charge in [0.15, 0.2) is 17.3 Å². The van der Waals surface area contributed by atoms with Crippen LogP contribution in [0.3, 0.4) is 0 Å². The Morgan fingerprint density at radius 2 is 1.83 bits per heavy atom. The lowest BCUT2D eigenvalue weighted by Crippen LogP contribution is -2.09. The number of phenols is 1. The van der Waals surface area contributed by atoms with Gasteiger partial charge in [0.25, 0.3) is 0 Å². The van der Waals surface area contributed by atoms with E-state index in [2.05, 4.69) is 4.72 Å².